The highest BCUT2D eigenvalue weighted by atomic mass is 16.5. The van der Waals surface area contributed by atoms with Crippen LogP contribution in [0.1, 0.15) is 31.4 Å². The lowest BCUT2D eigenvalue weighted by molar-refractivity contribution is 0.0180. The van der Waals surface area contributed by atoms with Crippen LogP contribution in [0.25, 0.3) is 0 Å². The van der Waals surface area contributed by atoms with E-state index in [0.717, 1.165) is 45.7 Å². The molecule has 0 aromatic heterocycles. The van der Waals surface area contributed by atoms with Crippen LogP contribution in [0.2, 0.25) is 0 Å². The molecule has 0 aliphatic carbocycles. The van der Waals surface area contributed by atoms with Gasteiger partial charge in [-0.15, -0.1) is 0 Å². The summed E-state index contributed by atoms with van der Waals surface area (Å²) in [5.41, 5.74) is 7.25. The van der Waals surface area contributed by atoms with E-state index in [-0.39, 0.29) is 6.04 Å². The molecular formula is C17H28N4O. The summed E-state index contributed by atoms with van der Waals surface area (Å²) in [7, 11) is 0. The fraction of sp³-hybridized carbons (Fsp3) is 0.588. The highest BCUT2D eigenvalue weighted by molar-refractivity contribution is 5.77. The van der Waals surface area contributed by atoms with Crippen LogP contribution in [-0.4, -0.2) is 50.3 Å². The van der Waals surface area contributed by atoms with E-state index in [1.807, 2.05) is 6.07 Å². The van der Waals surface area contributed by atoms with E-state index in [1.165, 1.54) is 5.56 Å². The van der Waals surface area contributed by atoms with E-state index in [0.29, 0.717) is 12.5 Å². The zero-order chi connectivity index (χ0) is 15.6. The molecule has 22 heavy (non-hydrogen) atoms. The monoisotopic (exact) mass is 304 g/mol. The number of morpholine rings is 1. The predicted molar refractivity (Wildman–Crippen MR) is 91.0 cm³/mol. The first-order valence-electron chi connectivity index (χ1n) is 8.21. The molecule has 0 spiro atoms. The van der Waals surface area contributed by atoms with Crippen molar-refractivity contribution < 1.29 is 4.74 Å². The lowest BCUT2D eigenvalue weighted by Crippen LogP contribution is -2.41. The first-order valence-corrected chi connectivity index (χ1v) is 8.21. The van der Waals surface area contributed by atoms with Crippen LogP contribution < -0.4 is 11.1 Å². The van der Waals surface area contributed by atoms with Gasteiger partial charge in [-0.25, -0.2) is 0 Å². The first-order chi connectivity index (χ1) is 10.8. The molecule has 1 saturated heterocycles. The van der Waals surface area contributed by atoms with Gasteiger partial charge in [-0.1, -0.05) is 43.7 Å². The summed E-state index contributed by atoms with van der Waals surface area (Å²) < 4.78 is 5.46. The molecular weight excluding hydrogens is 276 g/mol. The van der Waals surface area contributed by atoms with Gasteiger partial charge in [-0.05, 0) is 12.0 Å². The second-order valence-electron chi connectivity index (χ2n) is 5.58. The van der Waals surface area contributed by atoms with Gasteiger partial charge in [0.25, 0.3) is 0 Å². The largest absolute Gasteiger partial charge is 0.379 e. The highest BCUT2D eigenvalue weighted by Crippen LogP contribution is 2.22. The van der Waals surface area contributed by atoms with Gasteiger partial charge in [0.1, 0.15) is 0 Å². The van der Waals surface area contributed by atoms with Crippen LogP contribution in [0.15, 0.2) is 35.3 Å². The van der Waals surface area contributed by atoms with Crippen molar-refractivity contribution in [2.45, 2.75) is 25.8 Å². The van der Waals surface area contributed by atoms with Crippen LogP contribution in [-0.2, 0) is 4.74 Å². The molecule has 1 aromatic carbocycles. The standard InChI is InChI=1S/C17H28N4O/c1-2-3-9-19-17(18)20-14-16(15-7-5-4-6-8-15)21-10-12-22-13-11-21/h4-8,16H,2-3,9-14H2,1H3,(H3,18,19,20). The number of hydrogen-bond donors (Lipinski definition) is 2. The number of nitrogens with one attached hydrogen (secondary N) is 1. The molecule has 0 amide bonds. The molecule has 1 atom stereocenters. The number of aliphatic imine (C=N–C) groups is 1. The molecule has 1 aliphatic rings. The van der Waals surface area contributed by atoms with Crippen molar-refractivity contribution in [1.82, 2.24) is 10.2 Å². The summed E-state index contributed by atoms with van der Waals surface area (Å²) in [5.74, 6) is 0.544. The van der Waals surface area contributed by atoms with Gasteiger partial charge >= 0.3 is 0 Å². The third-order valence-corrected chi connectivity index (χ3v) is 3.94. The lowest BCUT2D eigenvalue weighted by atomic mass is 10.1. The average molecular weight is 304 g/mol. The number of nitrogens with two attached hydrogens (primary N) is 1. The van der Waals surface area contributed by atoms with Crippen LogP contribution in [0, 0.1) is 0 Å². The normalized spacial score (nSPS) is 18.1. The Hall–Kier alpha value is -1.59. The summed E-state index contributed by atoms with van der Waals surface area (Å²) in [6.45, 7) is 7.19. The van der Waals surface area contributed by atoms with Gasteiger partial charge in [0.2, 0.25) is 0 Å². The van der Waals surface area contributed by atoms with E-state index in [4.69, 9.17) is 10.5 Å². The molecule has 1 aliphatic heterocycles. The topological polar surface area (TPSA) is 62.9 Å². The van der Waals surface area contributed by atoms with Crippen LogP contribution in [0.4, 0.5) is 0 Å². The Labute approximate surface area is 133 Å². The third kappa shape index (κ3) is 5.31. The van der Waals surface area contributed by atoms with Gasteiger partial charge < -0.3 is 15.8 Å². The fourth-order valence-corrected chi connectivity index (χ4v) is 2.63. The summed E-state index contributed by atoms with van der Waals surface area (Å²) in [4.78, 5) is 6.98. The third-order valence-electron chi connectivity index (χ3n) is 3.94. The number of ether oxygens (including phenoxy) is 1. The number of guanidine groups is 1. The molecule has 1 unspecified atom stereocenters. The maximum absolute atomic E-state index is 5.97. The van der Waals surface area contributed by atoms with E-state index < -0.39 is 0 Å². The van der Waals surface area contributed by atoms with E-state index in [9.17, 15) is 0 Å². The van der Waals surface area contributed by atoms with E-state index in [2.05, 4.69) is 46.4 Å². The minimum atomic E-state index is 0.261. The maximum Gasteiger partial charge on any atom is 0.188 e. The van der Waals surface area contributed by atoms with Gasteiger partial charge in [-0.2, -0.15) is 0 Å². The smallest absolute Gasteiger partial charge is 0.188 e. The van der Waals surface area contributed by atoms with E-state index in [1.54, 1.807) is 0 Å². The molecule has 0 radical (unpaired) electrons. The molecule has 2 rings (SSSR count). The van der Waals surface area contributed by atoms with Crippen molar-refractivity contribution >= 4 is 5.96 Å². The Kier molecular flexibility index (Phi) is 7.19. The Morgan fingerprint density at radius 3 is 2.73 bits per heavy atom. The van der Waals surface area contributed by atoms with Gasteiger partial charge in [-0.3, -0.25) is 9.89 Å². The Morgan fingerprint density at radius 2 is 2.05 bits per heavy atom. The second-order valence-corrected chi connectivity index (χ2v) is 5.58. The van der Waals surface area contributed by atoms with Crippen LogP contribution in [0.5, 0.6) is 0 Å². The van der Waals surface area contributed by atoms with Gasteiger partial charge in [0, 0.05) is 19.6 Å². The number of unbranched alkanes of at least 4 members (excludes halogenated alkanes) is 1. The summed E-state index contributed by atoms with van der Waals surface area (Å²) >= 11 is 0. The molecule has 3 N–H and O–H groups in total. The Bertz CT molecular complexity index is 443. The fourth-order valence-electron chi connectivity index (χ4n) is 2.63. The summed E-state index contributed by atoms with van der Waals surface area (Å²) in [6, 6.07) is 10.8. The van der Waals surface area contributed by atoms with Crippen molar-refractivity contribution in [1.29, 1.82) is 0 Å². The molecule has 5 nitrogen and oxygen atoms in total. The van der Waals surface area contributed by atoms with Gasteiger partial charge in [0.15, 0.2) is 5.96 Å². The first kappa shape index (κ1) is 16.8. The molecule has 1 fully saturated rings. The van der Waals surface area contributed by atoms with E-state index >= 15 is 0 Å². The zero-order valence-corrected chi connectivity index (χ0v) is 13.5. The number of nitrogens with zero attached hydrogens (tertiary/aromatic N) is 2. The van der Waals surface area contributed by atoms with Gasteiger partial charge in [0.05, 0.1) is 25.8 Å². The minimum absolute atomic E-state index is 0.261. The van der Waals surface area contributed by atoms with Crippen LogP contribution >= 0.6 is 0 Å². The number of rotatable bonds is 7. The molecule has 0 bridgehead atoms. The van der Waals surface area contributed by atoms with Crippen molar-refractivity contribution in [3.05, 3.63) is 35.9 Å². The average Bonchev–Trinajstić information content (AvgIpc) is 2.57. The minimum Gasteiger partial charge on any atom is -0.379 e. The number of hydrogen-bond acceptors (Lipinski definition) is 3. The molecule has 1 heterocycles. The van der Waals surface area contributed by atoms with Crippen molar-refractivity contribution in [3.8, 4) is 0 Å². The Morgan fingerprint density at radius 1 is 1.32 bits per heavy atom. The molecule has 0 saturated carbocycles. The second kappa shape index (κ2) is 9.43. The highest BCUT2D eigenvalue weighted by Gasteiger charge is 2.22. The number of benzene rings is 1. The zero-order valence-electron chi connectivity index (χ0n) is 13.5. The predicted octanol–water partition coefficient (Wildman–Crippen LogP) is 1.76. The quantitative estimate of drug-likeness (QED) is 0.458. The van der Waals surface area contributed by atoms with Crippen molar-refractivity contribution in [2.24, 2.45) is 10.7 Å². The molecule has 1 aromatic rings. The maximum atomic E-state index is 5.97. The SMILES string of the molecule is CCCCNC(N)=NCC(c1ccccc1)N1CCOCC1. The summed E-state index contributed by atoms with van der Waals surface area (Å²) in [6.07, 6.45) is 2.27. The summed E-state index contributed by atoms with van der Waals surface area (Å²) in [5, 5.41) is 3.18. The molecule has 5 heteroatoms. The van der Waals surface area contributed by atoms with Crippen molar-refractivity contribution in [3.63, 3.8) is 0 Å². The Balaban J connectivity index is 1.99. The van der Waals surface area contributed by atoms with Crippen molar-refractivity contribution in [2.75, 3.05) is 39.4 Å². The lowest BCUT2D eigenvalue weighted by Gasteiger charge is -2.34. The van der Waals surface area contributed by atoms with Crippen LogP contribution in [0.3, 0.4) is 0 Å². The molecule has 122 valence electrons.